The minimum Gasteiger partial charge on any atom is -0.480 e. The highest BCUT2D eigenvalue weighted by Gasteiger charge is 2.15. The number of carbonyl (C=O) groups is 1. The summed E-state index contributed by atoms with van der Waals surface area (Å²) in [4.78, 5) is 16.7. The topological polar surface area (TPSA) is 72.8 Å². The highest BCUT2D eigenvalue weighted by molar-refractivity contribution is 9.10. The maximum atomic E-state index is 12.4. The standard InChI is InChI=1S/C22H18BrN3O3/c1-3-12-28-19-10-9-18(23)13-17(19)14-25-26-22(27)15(2)29-20-8-4-6-16-7-5-11-24-21(16)20/h1,4-11,13-15H,12H2,2H3,(H,26,27)/b25-14+. The zero-order chi connectivity index (χ0) is 20.6. The molecule has 6 nitrogen and oxygen atoms in total. The van der Waals surface area contributed by atoms with Gasteiger partial charge in [-0.2, -0.15) is 5.10 Å². The number of halogens is 1. The summed E-state index contributed by atoms with van der Waals surface area (Å²) >= 11 is 3.39. The van der Waals surface area contributed by atoms with Crippen LogP contribution in [0.4, 0.5) is 0 Å². The van der Waals surface area contributed by atoms with E-state index in [4.69, 9.17) is 15.9 Å². The molecule has 0 radical (unpaired) electrons. The van der Waals surface area contributed by atoms with Gasteiger partial charge in [0.15, 0.2) is 6.10 Å². The van der Waals surface area contributed by atoms with Gasteiger partial charge in [0, 0.05) is 21.6 Å². The highest BCUT2D eigenvalue weighted by atomic mass is 79.9. The third kappa shape index (κ3) is 5.33. The number of hydrogen-bond acceptors (Lipinski definition) is 5. The number of carbonyl (C=O) groups excluding carboxylic acids is 1. The second-order valence-corrected chi connectivity index (χ2v) is 6.92. The summed E-state index contributed by atoms with van der Waals surface area (Å²) in [6.07, 6.45) is 7.64. The van der Waals surface area contributed by atoms with Gasteiger partial charge < -0.3 is 9.47 Å². The van der Waals surface area contributed by atoms with Crippen molar-refractivity contribution in [1.29, 1.82) is 0 Å². The van der Waals surface area contributed by atoms with E-state index >= 15 is 0 Å². The summed E-state index contributed by atoms with van der Waals surface area (Å²) in [5, 5.41) is 4.94. The fourth-order valence-corrected chi connectivity index (χ4v) is 2.92. The zero-order valence-corrected chi connectivity index (χ0v) is 17.2. The molecule has 29 heavy (non-hydrogen) atoms. The van der Waals surface area contributed by atoms with Crippen LogP contribution < -0.4 is 14.9 Å². The van der Waals surface area contributed by atoms with Crippen LogP contribution in [0.5, 0.6) is 11.5 Å². The smallest absolute Gasteiger partial charge is 0.280 e. The van der Waals surface area contributed by atoms with Crippen LogP contribution in [-0.2, 0) is 4.79 Å². The van der Waals surface area contributed by atoms with Gasteiger partial charge in [-0.1, -0.05) is 40.0 Å². The first-order valence-corrected chi connectivity index (χ1v) is 9.57. The monoisotopic (exact) mass is 451 g/mol. The Morgan fingerprint density at radius 2 is 2.14 bits per heavy atom. The first-order valence-electron chi connectivity index (χ1n) is 8.77. The number of rotatable bonds is 7. The number of hydrogen-bond donors (Lipinski definition) is 1. The van der Waals surface area contributed by atoms with Crippen LogP contribution >= 0.6 is 15.9 Å². The predicted molar refractivity (Wildman–Crippen MR) is 116 cm³/mol. The molecule has 0 aliphatic rings. The Labute approximate surface area is 177 Å². The van der Waals surface area contributed by atoms with Crippen LogP contribution in [0, 0.1) is 12.3 Å². The first kappa shape index (κ1) is 20.4. The van der Waals surface area contributed by atoms with E-state index in [1.807, 2.05) is 36.4 Å². The van der Waals surface area contributed by atoms with Crippen LogP contribution in [0.25, 0.3) is 10.9 Å². The second-order valence-electron chi connectivity index (χ2n) is 6.00. The third-order valence-corrected chi connectivity index (χ3v) is 4.42. The summed E-state index contributed by atoms with van der Waals surface area (Å²) in [5.74, 6) is 3.12. The molecule has 1 atom stereocenters. The molecule has 0 aliphatic carbocycles. The molecule has 0 fully saturated rings. The summed E-state index contributed by atoms with van der Waals surface area (Å²) < 4.78 is 12.1. The molecule has 2 aromatic carbocycles. The summed E-state index contributed by atoms with van der Waals surface area (Å²) in [5.41, 5.74) is 3.84. The molecular weight excluding hydrogens is 434 g/mol. The Morgan fingerprint density at radius 1 is 1.31 bits per heavy atom. The number of benzene rings is 2. The van der Waals surface area contributed by atoms with E-state index in [1.165, 1.54) is 6.21 Å². The van der Waals surface area contributed by atoms with Gasteiger partial charge in [0.05, 0.1) is 6.21 Å². The van der Waals surface area contributed by atoms with Gasteiger partial charge >= 0.3 is 0 Å². The van der Waals surface area contributed by atoms with Crippen molar-refractivity contribution in [3.05, 3.63) is 64.8 Å². The number of nitrogens with one attached hydrogen (secondary N) is 1. The fraction of sp³-hybridized carbons (Fsp3) is 0.136. The number of pyridine rings is 1. The van der Waals surface area contributed by atoms with Crippen molar-refractivity contribution >= 4 is 39.0 Å². The molecule has 7 heteroatoms. The number of hydrazone groups is 1. The number of nitrogens with zero attached hydrogens (tertiary/aromatic N) is 2. The van der Waals surface area contributed by atoms with Crippen molar-refractivity contribution in [1.82, 2.24) is 10.4 Å². The lowest BCUT2D eigenvalue weighted by Gasteiger charge is -2.14. The Balaban J connectivity index is 1.66. The lowest BCUT2D eigenvalue weighted by Crippen LogP contribution is -2.33. The van der Waals surface area contributed by atoms with Crippen molar-refractivity contribution in [2.75, 3.05) is 6.61 Å². The minimum atomic E-state index is -0.764. The minimum absolute atomic E-state index is 0.138. The molecule has 1 aromatic heterocycles. The highest BCUT2D eigenvalue weighted by Crippen LogP contribution is 2.24. The van der Waals surface area contributed by atoms with Gasteiger partial charge in [0.25, 0.3) is 5.91 Å². The van der Waals surface area contributed by atoms with Gasteiger partial charge in [-0.05, 0) is 37.3 Å². The normalized spacial score (nSPS) is 11.8. The summed E-state index contributed by atoms with van der Waals surface area (Å²) in [7, 11) is 0. The molecule has 1 heterocycles. The van der Waals surface area contributed by atoms with Crippen molar-refractivity contribution in [2.24, 2.45) is 5.10 Å². The molecule has 1 unspecified atom stereocenters. The van der Waals surface area contributed by atoms with E-state index < -0.39 is 12.0 Å². The summed E-state index contributed by atoms with van der Waals surface area (Å²) in [6.45, 7) is 1.78. The molecular formula is C22H18BrN3O3. The molecule has 0 aliphatic heterocycles. The van der Waals surface area contributed by atoms with Crippen molar-refractivity contribution in [3.63, 3.8) is 0 Å². The number of amides is 1. The van der Waals surface area contributed by atoms with Crippen LogP contribution in [0.15, 0.2) is 64.3 Å². The van der Waals surface area contributed by atoms with Gasteiger partial charge in [-0.25, -0.2) is 5.43 Å². The fourth-order valence-electron chi connectivity index (χ4n) is 2.54. The maximum Gasteiger partial charge on any atom is 0.280 e. The van der Waals surface area contributed by atoms with Crippen molar-refractivity contribution in [2.45, 2.75) is 13.0 Å². The summed E-state index contributed by atoms with van der Waals surface area (Å²) in [6, 6.07) is 14.7. The Morgan fingerprint density at radius 3 is 2.97 bits per heavy atom. The van der Waals surface area contributed by atoms with E-state index in [0.29, 0.717) is 22.6 Å². The van der Waals surface area contributed by atoms with E-state index in [-0.39, 0.29) is 6.61 Å². The third-order valence-electron chi connectivity index (χ3n) is 3.93. The van der Waals surface area contributed by atoms with Crippen LogP contribution in [0.3, 0.4) is 0 Å². The molecule has 3 aromatic rings. The number of para-hydroxylation sites is 1. The molecule has 0 spiro atoms. The SMILES string of the molecule is C#CCOc1ccc(Br)cc1/C=N/NC(=O)C(C)Oc1cccc2cccnc12. The largest absolute Gasteiger partial charge is 0.480 e. The van der Waals surface area contributed by atoms with E-state index in [1.54, 1.807) is 25.3 Å². The molecule has 146 valence electrons. The number of fused-ring (bicyclic) bond motifs is 1. The molecule has 0 bridgehead atoms. The lowest BCUT2D eigenvalue weighted by atomic mass is 10.2. The van der Waals surface area contributed by atoms with Crippen molar-refractivity contribution < 1.29 is 14.3 Å². The van der Waals surface area contributed by atoms with Crippen molar-refractivity contribution in [3.8, 4) is 23.8 Å². The predicted octanol–water partition coefficient (Wildman–Crippen LogP) is 3.93. The van der Waals surface area contributed by atoms with E-state index in [2.05, 4.69) is 37.4 Å². The molecule has 0 saturated heterocycles. The Bertz CT molecular complexity index is 1090. The number of terminal acetylenes is 1. The Kier molecular flexibility index (Phi) is 6.82. The van der Waals surface area contributed by atoms with Gasteiger partial charge in [-0.15, -0.1) is 6.42 Å². The zero-order valence-electron chi connectivity index (χ0n) is 15.6. The van der Waals surface area contributed by atoms with Gasteiger partial charge in [0.2, 0.25) is 0 Å². The van der Waals surface area contributed by atoms with Gasteiger partial charge in [-0.3, -0.25) is 9.78 Å². The molecule has 3 rings (SSSR count). The van der Waals surface area contributed by atoms with Crippen LogP contribution in [-0.4, -0.2) is 29.8 Å². The Hall–Kier alpha value is -3.37. The molecule has 1 amide bonds. The lowest BCUT2D eigenvalue weighted by molar-refractivity contribution is -0.127. The van der Waals surface area contributed by atoms with Gasteiger partial charge in [0.1, 0.15) is 23.6 Å². The number of ether oxygens (including phenoxy) is 2. The maximum absolute atomic E-state index is 12.4. The average Bonchev–Trinajstić information content (AvgIpc) is 2.73. The second kappa shape index (κ2) is 9.71. The van der Waals surface area contributed by atoms with Crippen LogP contribution in [0.2, 0.25) is 0 Å². The van der Waals surface area contributed by atoms with E-state index in [0.717, 1.165) is 9.86 Å². The quantitative estimate of drug-likeness (QED) is 0.335. The molecule has 0 saturated carbocycles. The average molecular weight is 452 g/mol. The molecule has 1 N–H and O–H groups in total. The van der Waals surface area contributed by atoms with Crippen LogP contribution in [0.1, 0.15) is 12.5 Å². The van der Waals surface area contributed by atoms with E-state index in [9.17, 15) is 4.79 Å². The number of aromatic nitrogens is 1. The first-order chi connectivity index (χ1) is 14.1.